The molecule has 1 fully saturated rings. The van der Waals surface area contributed by atoms with Gasteiger partial charge in [0.05, 0.1) is 29.5 Å². The lowest BCUT2D eigenvalue weighted by atomic mass is 9.96. The molecule has 1 aromatic heterocycles. The molecule has 134 valence electrons. The van der Waals surface area contributed by atoms with Crippen molar-refractivity contribution in [1.29, 1.82) is 0 Å². The lowest BCUT2D eigenvalue weighted by Crippen LogP contribution is -2.43. The highest BCUT2D eigenvalue weighted by atomic mass is 16.5. The minimum atomic E-state index is -0.209. The predicted molar refractivity (Wildman–Crippen MR) is 91.8 cm³/mol. The Morgan fingerprint density at radius 1 is 1.29 bits per heavy atom. The SMILES string of the molecule is CCCc1nn(C)c(CC)c1C(=O)N1CCC[C@H](C(=O)OCC)C1. The van der Waals surface area contributed by atoms with Gasteiger partial charge in [0.15, 0.2) is 0 Å². The molecule has 6 nitrogen and oxygen atoms in total. The molecule has 2 heterocycles. The molecule has 6 heteroatoms. The lowest BCUT2D eigenvalue weighted by molar-refractivity contribution is -0.149. The molecule has 2 rings (SSSR count). The molecular weight excluding hydrogens is 306 g/mol. The third-order valence-corrected chi connectivity index (χ3v) is 4.60. The van der Waals surface area contributed by atoms with Crippen LogP contribution in [-0.4, -0.2) is 46.3 Å². The molecule has 1 aliphatic rings. The molecule has 0 radical (unpaired) electrons. The molecule has 0 N–H and O–H groups in total. The summed E-state index contributed by atoms with van der Waals surface area (Å²) in [5, 5.41) is 4.55. The van der Waals surface area contributed by atoms with Gasteiger partial charge in [0.2, 0.25) is 0 Å². The number of carbonyl (C=O) groups is 2. The van der Waals surface area contributed by atoms with Crippen LogP contribution < -0.4 is 0 Å². The summed E-state index contributed by atoms with van der Waals surface area (Å²) in [6, 6.07) is 0. The quantitative estimate of drug-likeness (QED) is 0.749. The summed E-state index contributed by atoms with van der Waals surface area (Å²) < 4.78 is 6.96. The lowest BCUT2D eigenvalue weighted by Gasteiger charge is -2.31. The van der Waals surface area contributed by atoms with Gasteiger partial charge in [-0.25, -0.2) is 0 Å². The average Bonchev–Trinajstić information content (AvgIpc) is 2.90. The van der Waals surface area contributed by atoms with Gasteiger partial charge in [-0.05, 0) is 32.6 Å². The fourth-order valence-corrected chi connectivity index (χ4v) is 3.46. The Balaban J connectivity index is 2.23. The van der Waals surface area contributed by atoms with E-state index >= 15 is 0 Å². The van der Waals surface area contributed by atoms with E-state index in [1.807, 2.05) is 25.6 Å². The van der Waals surface area contributed by atoms with Crippen molar-refractivity contribution in [3.05, 3.63) is 17.0 Å². The van der Waals surface area contributed by atoms with Crippen LogP contribution in [0.25, 0.3) is 0 Å². The Bertz CT molecular complexity index is 595. The zero-order valence-electron chi connectivity index (χ0n) is 15.3. The van der Waals surface area contributed by atoms with E-state index in [1.54, 1.807) is 4.90 Å². The Labute approximate surface area is 144 Å². The van der Waals surface area contributed by atoms with Crippen molar-refractivity contribution in [3.8, 4) is 0 Å². The maximum absolute atomic E-state index is 13.1. The summed E-state index contributed by atoms with van der Waals surface area (Å²) >= 11 is 0. The van der Waals surface area contributed by atoms with Crippen LogP contribution >= 0.6 is 0 Å². The molecule has 1 aliphatic heterocycles. The van der Waals surface area contributed by atoms with Crippen LogP contribution in [0.5, 0.6) is 0 Å². The Morgan fingerprint density at radius 2 is 2.04 bits per heavy atom. The number of nitrogens with zero attached hydrogens (tertiary/aromatic N) is 3. The zero-order valence-corrected chi connectivity index (χ0v) is 15.3. The number of aromatic nitrogens is 2. The van der Waals surface area contributed by atoms with Crippen molar-refractivity contribution < 1.29 is 14.3 Å². The van der Waals surface area contributed by atoms with E-state index in [0.717, 1.165) is 49.1 Å². The number of hydrogen-bond donors (Lipinski definition) is 0. The molecule has 1 atom stereocenters. The molecule has 1 amide bonds. The van der Waals surface area contributed by atoms with Crippen LogP contribution in [0, 0.1) is 5.92 Å². The Kier molecular flexibility index (Phi) is 6.40. The van der Waals surface area contributed by atoms with Gasteiger partial charge >= 0.3 is 5.97 Å². The summed E-state index contributed by atoms with van der Waals surface area (Å²) in [5.41, 5.74) is 2.59. The Morgan fingerprint density at radius 3 is 2.67 bits per heavy atom. The van der Waals surface area contributed by atoms with Gasteiger partial charge in [-0.2, -0.15) is 5.10 Å². The Hall–Kier alpha value is -1.85. The van der Waals surface area contributed by atoms with Crippen LogP contribution in [-0.2, 0) is 29.4 Å². The fourth-order valence-electron chi connectivity index (χ4n) is 3.46. The van der Waals surface area contributed by atoms with Crippen LogP contribution in [0.2, 0.25) is 0 Å². The van der Waals surface area contributed by atoms with E-state index < -0.39 is 0 Å². The van der Waals surface area contributed by atoms with Crippen molar-refractivity contribution in [3.63, 3.8) is 0 Å². The summed E-state index contributed by atoms with van der Waals surface area (Å²) in [5.74, 6) is -0.387. The van der Waals surface area contributed by atoms with Crippen molar-refractivity contribution in [2.24, 2.45) is 13.0 Å². The molecule has 0 saturated carbocycles. The minimum absolute atomic E-state index is 0.0115. The number of amides is 1. The number of ether oxygens (including phenoxy) is 1. The second-order valence-electron chi connectivity index (χ2n) is 6.34. The smallest absolute Gasteiger partial charge is 0.310 e. The summed E-state index contributed by atoms with van der Waals surface area (Å²) in [6.07, 6.45) is 4.14. The van der Waals surface area contributed by atoms with Crippen molar-refractivity contribution >= 4 is 11.9 Å². The van der Waals surface area contributed by atoms with Gasteiger partial charge in [-0.3, -0.25) is 14.3 Å². The van der Waals surface area contributed by atoms with Gasteiger partial charge in [-0.1, -0.05) is 20.3 Å². The van der Waals surface area contributed by atoms with Crippen molar-refractivity contribution in [2.75, 3.05) is 19.7 Å². The van der Waals surface area contributed by atoms with E-state index in [0.29, 0.717) is 19.7 Å². The first kappa shape index (κ1) is 18.5. The number of hydrogen-bond acceptors (Lipinski definition) is 4. The molecule has 1 saturated heterocycles. The van der Waals surface area contributed by atoms with Gasteiger partial charge in [0, 0.05) is 20.1 Å². The second kappa shape index (κ2) is 8.31. The number of aryl methyl sites for hydroxylation is 2. The van der Waals surface area contributed by atoms with Crippen LogP contribution in [0.3, 0.4) is 0 Å². The third kappa shape index (κ3) is 3.79. The second-order valence-corrected chi connectivity index (χ2v) is 6.34. The van der Waals surface area contributed by atoms with Crippen molar-refractivity contribution in [2.45, 2.75) is 52.9 Å². The number of piperidine rings is 1. The molecule has 0 aliphatic carbocycles. The molecule has 0 aromatic carbocycles. The molecule has 1 aromatic rings. The van der Waals surface area contributed by atoms with E-state index in [1.165, 1.54) is 0 Å². The van der Waals surface area contributed by atoms with E-state index in [2.05, 4.69) is 12.0 Å². The number of rotatable bonds is 6. The normalized spacial score (nSPS) is 17.8. The third-order valence-electron chi connectivity index (χ3n) is 4.60. The molecular formula is C18H29N3O3. The maximum Gasteiger partial charge on any atom is 0.310 e. The first-order valence-corrected chi connectivity index (χ1v) is 9.04. The molecule has 24 heavy (non-hydrogen) atoms. The monoisotopic (exact) mass is 335 g/mol. The largest absolute Gasteiger partial charge is 0.466 e. The first-order chi connectivity index (χ1) is 11.5. The van der Waals surface area contributed by atoms with Crippen LogP contribution in [0.1, 0.15) is 61.8 Å². The maximum atomic E-state index is 13.1. The highest BCUT2D eigenvalue weighted by Crippen LogP contribution is 2.24. The van der Waals surface area contributed by atoms with E-state index in [9.17, 15) is 9.59 Å². The minimum Gasteiger partial charge on any atom is -0.466 e. The molecule has 0 unspecified atom stereocenters. The molecule has 0 bridgehead atoms. The highest BCUT2D eigenvalue weighted by molar-refractivity contribution is 5.97. The zero-order chi connectivity index (χ0) is 17.7. The van der Waals surface area contributed by atoms with Crippen LogP contribution in [0.4, 0.5) is 0 Å². The van der Waals surface area contributed by atoms with E-state index in [-0.39, 0.29) is 17.8 Å². The van der Waals surface area contributed by atoms with Gasteiger partial charge in [0.1, 0.15) is 0 Å². The topological polar surface area (TPSA) is 64.4 Å². The first-order valence-electron chi connectivity index (χ1n) is 9.04. The highest BCUT2D eigenvalue weighted by Gasteiger charge is 2.32. The summed E-state index contributed by atoms with van der Waals surface area (Å²) in [6.45, 7) is 7.46. The fraction of sp³-hybridized carbons (Fsp3) is 0.722. The number of esters is 1. The van der Waals surface area contributed by atoms with Gasteiger partial charge in [-0.15, -0.1) is 0 Å². The van der Waals surface area contributed by atoms with Gasteiger partial charge < -0.3 is 9.64 Å². The molecule has 0 spiro atoms. The van der Waals surface area contributed by atoms with E-state index in [4.69, 9.17) is 4.74 Å². The number of likely N-dealkylation sites (tertiary alicyclic amines) is 1. The van der Waals surface area contributed by atoms with Crippen molar-refractivity contribution in [1.82, 2.24) is 14.7 Å². The summed E-state index contributed by atoms with van der Waals surface area (Å²) in [7, 11) is 1.90. The van der Waals surface area contributed by atoms with Gasteiger partial charge in [0.25, 0.3) is 5.91 Å². The summed E-state index contributed by atoms with van der Waals surface area (Å²) in [4.78, 5) is 27.0. The average molecular weight is 335 g/mol. The predicted octanol–water partition coefficient (Wildman–Crippen LogP) is 2.35. The van der Waals surface area contributed by atoms with Crippen LogP contribution in [0.15, 0.2) is 0 Å². The number of carbonyl (C=O) groups excluding carboxylic acids is 2. The standard InChI is InChI=1S/C18H29N3O3/c1-5-9-14-16(15(6-2)20(4)19-14)17(22)21-11-8-10-13(12-21)18(23)24-7-3/h13H,5-12H2,1-4H3/t13-/m0/s1.